The van der Waals surface area contributed by atoms with Crippen LogP contribution in [0.3, 0.4) is 0 Å². The van der Waals surface area contributed by atoms with Crippen molar-refractivity contribution >= 4 is 44.0 Å². The van der Waals surface area contributed by atoms with Crippen molar-refractivity contribution in [3.05, 3.63) is 45.5 Å². The van der Waals surface area contributed by atoms with Crippen LogP contribution in [0.1, 0.15) is 19.4 Å². The van der Waals surface area contributed by atoms with E-state index in [4.69, 9.17) is 10.5 Å². The Morgan fingerprint density at radius 2 is 2.04 bits per heavy atom. The molecule has 0 fully saturated rings. The van der Waals surface area contributed by atoms with Gasteiger partial charge in [0.05, 0.1) is 18.4 Å². The molecule has 0 amide bonds. The number of carbonyl (C=O) groups excluding carboxylic acids is 1. The van der Waals surface area contributed by atoms with Crippen LogP contribution in [0.4, 0.5) is 5.82 Å². The molecule has 0 saturated heterocycles. The van der Waals surface area contributed by atoms with Gasteiger partial charge in [-0.15, -0.1) is 0 Å². The first-order valence-corrected chi connectivity index (χ1v) is 10.7. The van der Waals surface area contributed by atoms with Crippen molar-refractivity contribution < 1.29 is 17.9 Å². The summed E-state index contributed by atoms with van der Waals surface area (Å²) in [6.45, 7) is 3.56. The Morgan fingerprint density at radius 1 is 1.32 bits per heavy atom. The number of sulfone groups is 1. The van der Waals surface area contributed by atoms with Gasteiger partial charge in [-0.2, -0.15) is 9.36 Å². The smallest absolute Gasteiger partial charge is 0.283 e. The number of ether oxygens (including phenoxy) is 1. The summed E-state index contributed by atoms with van der Waals surface area (Å²) in [5.41, 5.74) is 6.00. The first-order valence-electron chi connectivity index (χ1n) is 8.24. The predicted octanol–water partition coefficient (Wildman–Crippen LogP) is 1.22. The highest BCUT2D eigenvalue weighted by atomic mass is 32.2. The van der Waals surface area contributed by atoms with Crippen LogP contribution in [0.15, 0.2) is 39.5 Å². The van der Waals surface area contributed by atoms with Crippen molar-refractivity contribution in [3.8, 4) is 0 Å². The molecule has 2 heterocycles. The van der Waals surface area contributed by atoms with E-state index in [9.17, 15) is 18.0 Å². The van der Waals surface area contributed by atoms with Crippen LogP contribution in [0.25, 0.3) is 11.0 Å². The van der Waals surface area contributed by atoms with Gasteiger partial charge in [0.2, 0.25) is 25.7 Å². The molecule has 0 radical (unpaired) electrons. The third-order valence-corrected chi connectivity index (χ3v) is 6.61. The largest absolute Gasteiger partial charge is 0.493 e. The van der Waals surface area contributed by atoms with Crippen LogP contribution in [0.5, 0.6) is 0 Å². The number of methoxy groups -OCH3 is 1. The molecule has 0 unspecified atom stereocenters. The van der Waals surface area contributed by atoms with Crippen molar-refractivity contribution in [3.63, 3.8) is 0 Å². The van der Waals surface area contributed by atoms with E-state index in [0.29, 0.717) is 5.57 Å². The van der Waals surface area contributed by atoms with Gasteiger partial charge in [0.25, 0.3) is 5.56 Å². The Kier molecular flexibility index (Phi) is 5.22. The van der Waals surface area contributed by atoms with E-state index in [1.807, 2.05) is 0 Å². The Bertz CT molecular complexity index is 1220. The maximum atomic E-state index is 12.6. The molecule has 1 aliphatic carbocycles. The zero-order valence-corrected chi connectivity index (χ0v) is 17.0. The number of carbonyl (C=O) groups is 1. The lowest BCUT2D eigenvalue weighted by atomic mass is 10.0. The summed E-state index contributed by atoms with van der Waals surface area (Å²) in [5.74, 6) is -0.505. The fraction of sp³-hybridized carbons (Fsp3) is 0.294. The SMILES string of the molecule is COC1=C/C(=C\c2c(N)n3c(S(=O)(=O)CC(C)C)nsc3nc2=O)C=CC1=O. The highest BCUT2D eigenvalue weighted by Crippen LogP contribution is 2.24. The molecule has 1 aliphatic rings. The van der Waals surface area contributed by atoms with Gasteiger partial charge in [0.1, 0.15) is 5.82 Å². The minimum absolute atomic E-state index is 0.000557. The summed E-state index contributed by atoms with van der Waals surface area (Å²) in [5, 5.41) is -0.242. The van der Waals surface area contributed by atoms with Crippen molar-refractivity contribution in [2.45, 2.75) is 19.0 Å². The van der Waals surface area contributed by atoms with Crippen LogP contribution in [0, 0.1) is 5.92 Å². The standard InChI is InChI=1S/C17H18N4O5S2/c1-9(2)8-28(24,25)17-20-27-16-19-15(23)11(14(18)21(16)17)6-10-4-5-12(22)13(7-10)26-3/h4-7,9H,8,18H2,1-3H3/b10-6-. The molecule has 2 aromatic heterocycles. The number of allylic oxidation sites excluding steroid dienone is 4. The third kappa shape index (κ3) is 3.62. The molecular formula is C17H18N4O5S2. The van der Waals surface area contributed by atoms with E-state index < -0.39 is 15.4 Å². The van der Waals surface area contributed by atoms with Gasteiger partial charge >= 0.3 is 0 Å². The number of rotatable bonds is 5. The summed E-state index contributed by atoms with van der Waals surface area (Å²) < 4.78 is 35.4. The lowest BCUT2D eigenvalue weighted by molar-refractivity contribution is -0.114. The average molecular weight is 422 g/mol. The van der Waals surface area contributed by atoms with Crippen LogP contribution in [0.2, 0.25) is 0 Å². The number of hydrogen-bond acceptors (Lipinski definition) is 9. The van der Waals surface area contributed by atoms with Crippen molar-refractivity contribution in [2.75, 3.05) is 18.6 Å². The third-order valence-electron chi connectivity index (χ3n) is 3.86. The van der Waals surface area contributed by atoms with Gasteiger partial charge < -0.3 is 10.5 Å². The molecule has 0 aromatic carbocycles. The predicted molar refractivity (Wildman–Crippen MR) is 106 cm³/mol. The molecule has 28 heavy (non-hydrogen) atoms. The number of fused-ring (bicyclic) bond motifs is 1. The molecule has 9 nitrogen and oxygen atoms in total. The molecule has 11 heteroatoms. The maximum Gasteiger partial charge on any atom is 0.283 e. The summed E-state index contributed by atoms with van der Waals surface area (Å²) in [7, 11) is -2.36. The topological polar surface area (TPSA) is 134 Å². The van der Waals surface area contributed by atoms with Gasteiger partial charge in [-0.3, -0.25) is 9.59 Å². The molecule has 0 atom stereocenters. The molecule has 2 aromatic rings. The molecule has 148 valence electrons. The lowest BCUT2D eigenvalue weighted by Gasteiger charge is -2.10. The monoisotopic (exact) mass is 422 g/mol. The van der Waals surface area contributed by atoms with Crippen LogP contribution in [-0.4, -0.2) is 40.8 Å². The summed E-state index contributed by atoms with van der Waals surface area (Å²) in [6.07, 6.45) is 5.68. The Hall–Kier alpha value is -2.79. The molecule has 0 spiro atoms. The highest BCUT2D eigenvalue weighted by molar-refractivity contribution is 7.91. The molecular weight excluding hydrogens is 404 g/mol. The molecule has 2 N–H and O–H groups in total. The second-order valence-corrected chi connectivity index (χ2v) is 9.19. The number of ketones is 1. The second kappa shape index (κ2) is 7.32. The van der Waals surface area contributed by atoms with Crippen molar-refractivity contribution in [1.29, 1.82) is 0 Å². The molecule has 0 bridgehead atoms. The van der Waals surface area contributed by atoms with Gasteiger partial charge in [0.15, 0.2) is 5.76 Å². The molecule has 0 aliphatic heterocycles. The number of nitrogens with two attached hydrogens (primary N) is 1. The van der Waals surface area contributed by atoms with E-state index in [0.717, 1.165) is 11.5 Å². The van der Waals surface area contributed by atoms with Crippen LogP contribution in [-0.2, 0) is 19.4 Å². The van der Waals surface area contributed by atoms with Crippen molar-refractivity contribution in [2.24, 2.45) is 5.92 Å². The fourth-order valence-corrected chi connectivity index (χ4v) is 5.43. The zero-order chi connectivity index (χ0) is 20.6. The number of anilines is 1. The van der Waals surface area contributed by atoms with E-state index in [2.05, 4.69) is 9.36 Å². The Labute approximate surface area is 164 Å². The summed E-state index contributed by atoms with van der Waals surface area (Å²) in [6, 6.07) is 0. The van der Waals surface area contributed by atoms with Crippen LogP contribution >= 0.6 is 11.5 Å². The van der Waals surface area contributed by atoms with E-state index in [1.54, 1.807) is 13.8 Å². The number of nitrogen functional groups attached to an aromatic ring is 1. The highest BCUT2D eigenvalue weighted by Gasteiger charge is 2.26. The van der Waals surface area contributed by atoms with Gasteiger partial charge in [-0.05, 0) is 29.7 Å². The molecule has 0 saturated carbocycles. The first-order chi connectivity index (χ1) is 13.1. The lowest BCUT2D eigenvalue weighted by Crippen LogP contribution is -2.20. The van der Waals surface area contributed by atoms with E-state index in [1.165, 1.54) is 35.8 Å². The van der Waals surface area contributed by atoms with E-state index >= 15 is 0 Å². The Balaban J connectivity index is 2.21. The van der Waals surface area contributed by atoms with Gasteiger partial charge in [-0.25, -0.2) is 12.8 Å². The van der Waals surface area contributed by atoms with Gasteiger partial charge in [0, 0.05) is 11.5 Å². The van der Waals surface area contributed by atoms with Gasteiger partial charge in [-0.1, -0.05) is 19.9 Å². The van der Waals surface area contributed by atoms with Crippen LogP contribution < -0.4 is 11.3 Å². The zero-order valence-electron chi connectivity index (χ0n) is 15.4. The summed E-state index contributed by atoms with van der Waals surface area (Å²) >= 11 is 0.787. The normalized spacial score (nSPS) is 16.2. The minimum atomic E-state index is -3.72. The average Bonchev–Trinajstić information content (AvgIpc) is 3.03. The quantitative estimate of drug-likeness (QED) is 0.760. The maximum absolute atomic E-state index is 12.6. The minimum Gasteiger partial charge on any atom is -0.493 e. The van der Waals surface area contributed by atoms with Crippen molar-refractivity contribution in [1.82, 2.24) is 13.8 Å². The van der Waals surface area contributed by atoms with E-state index in [-0.39, 0.29) is 44.7 Å². The first kappa shape index (κ1) is 20.0. The summed E-state index contributed by atoms with van der Waals surface area (Å²) in [4.78, 5) is 28.1. The number of nitrogens with zero attached hydrogens (tertiary/aromatic N) is 3. The fourth-order valence-electron chi connectivity index (χ4n) is 2.68. The Morgan fingerprint density at radius 3 is 2.68 bits per heavy atom. The second-order valence-electron chi connectivity index (χ2n) is 6.53. The number of hydrogen-bond donors (Lipinski definition) is 1. The number of aromatic nitrogens is 3. The molecule has 3 rings (SSSR count).